The minimum Gasteiger partial charge on any atom is -0.462 e. The maximum Gasteiger partial charge on any atom is 0.306 e. The molecule has 0 fully saturated rings. The van der Waals surface area contributed by atoms with Crippen LogP contribution in [0.15, 0.2) is 48.6 Å². The van der Waals surface area contributed by atoms with E-state index in [0.29, 0.717) is 19.3 Å². The van der Waals surface area contributed by atoms with E-state index >= 15 is 0 Å². The molecule has 1 unspecified atom stereocenters. The first-order chi connectivity index (χ1) is 28.0. The molecule has 0 aliphatic heterocycles. The molecule has 0 saturated heterocycles. The van der Waals surface area contributed by atoms with Crippen LogP contribution in [-0.4, -0.2) is 37.2 Å². The minimum atomic E-state index is -0.809. The summed E-state index contributed by atoms with van der Waals surface area (Å²) in [5.41, 5.74) is 0. The molecule has 6 nitrogen and oxygen atoms in total. The molecule has 0 saturated carbocycles. The second kappa shape index (κ2) is 46.1. The van der Waals surface area contributed by atoms with Crippen LogP contribution in [0.3, 0.4) is 0 Å². The fourth-order valence-electron chi connectivity index (χ4n) is 6.60. The molecule has 0 aliphatic carbocycles. The van der Waals surface area contributed by atoms with E-state index in [1.54, 1.807) is 0 Å². The van der Waals surface area contributed by atoms with Gasteiger partial charge in [-0.15, -0.1) is 0 Å². The number of allylic oxidation sites excluding steroid dienone is 8. The minimum absolute atomic E-state index is 0.104. The molecule has 0 aliphatic rings. The monoisotopic (exact) mass is 799 g/mol. The normalized spacial score (nSPS) is 12.4. The maximum atomic E-state index is 12.7. The van der Waals surface area contributed by atoms with Gasteiger partial charge in [-0.2, -0.15) is 0 Å². The van der Waals surface area contributed by atoms with Crippen LogP contribution in [0.5, 0.6) is 0 Å². The molecular weight excluding hydrogens is 709 g/mol. The molecule has 57 heavy (non-hydrogen) atoms. The smallest absolute Gasteiger partial charge is 0.306 e. The second-order valence-electron chi connectivity index (χ2n) is 16.0. The first-order valence-corrected chi connectivity index (χ1v) is 24.1. The second-order valence-corrected chi connectivity index (χ2v) is 16.0. The number of carbonyl (C=O) groups excluding carboxylic acids is 3. The van der Waals surface area contributed by atoms with Gasteiger partial charge < -0.3 is 14.2 Å². The lowest BCUT2D eigenvalue weighted by Gasteiger charge is -2.18. The van der Waals surface area contributed by atoms with Gasteiger partial charge in [0.2, 0.25) is 0 Å². The van der Waals surface area contributed by atoms with Crippen LogP contribution in [0, 0.1) is 0 Å². The van der Waals surface area contributed by atoms with Gasteiger partial charge in [0.25, 0.3) is 0 Å². The summed E-state index contributed by atoms with van der Waals surface area (Å²) in [5, 5.41) is 0. The number of hydrogen-bond acceptors (Lipinski definition) is 6. The highest BCUT2D eigenvalue weighted by molar-refractivity contribution is 5.71. The third-order valence-corrected chi connectivity index (χ3v) is 10.3. The fraction of sp³-hybridized carbons (Fsp3) is 0.784. The quantitative estimate of drug-likeness (QED) is 0.0265. The zero-order chi connectivity index (χ0) is 41.5. The van der Waals surface area contributed by atoms with Crippen LogP contribution >= 0.6 is 0 Å². The molecule has 0 aromatic rings. The highest BCUT2D eigenvalue weighted by Gasteiger charge is 2.19. The van der Waals surface area contributed by atoms with Crippen LogP contribution in [0.25, 0.3) is 0 Å². The highest BCUT2D eigenvalue weighted by atomic mass is 16.6. The molecule has 0 amide bonds. The zero-order valence-electron chi connectivity index (χ0n) is 37.6. The van der Waals surface area contributed by atoms with E-state index in [1.165, 1.54) is 122 Å². The summed E-state index contributed by atoms with van der Waals surface area (Å²) in [5.74, 6) is -0.996. The summed E-state index contributed by atoms with van der Waals surface area (Å²) in [6.07, 6.45) is 53.9. The van der Waals surface area contributed by atoms with Crippen molar-refractivity contribution in [3.05, 3.63) is 48.6 Å². The molecule has 0 heterocycles. The lowest BCUT2D eigenvalue weighted by atomic mass is 10.1. The van der Waals surface area contributed by atoms with Gasteiger partial charge in [-0.3, -0.25) is 14.4 Å². The van der Waals surface area contributed by atoms with Crippen molar-refractivity contribution < 1.29 is 28.6 Å². The predicted molar refractivity (Wildman–Crippen MR) is 242 cm³/mol. The molecule has 0 radical (unpaired) electrons. The van der Waals surface area contributed by atoms with Gasteiger partial charge in [0, 0.05) is 19.3 Å². The number of ether oxygens (including phenoxy) is 3. The van der Waals surface area contributed by atoms with Crippen LogP contribution in [-0.2, 0) is 28.6 Å². The molecule has 0 N–H and O–H groups in total. The Morgan fingerprint density at radius 2 is 0.667 bits per heavy atom. The first-order valence-electron chi connectivity index (χ1n) is 24.1. The summed E-state index contributed by atoms with van der Waals surface area (Å²) in [6, 6.07) is 0. The van der Waals surface area contributed by atoms with Crippen LogP contribution in [0.1, 0.15) is 239 Å². The fourth-order valence-corrected chi connectivity index (χ4v) is 6.60. The third kappa shape index (κ3) is 44.3. The molecule has 0 rings (SSSR count). The average molecular weight is 799 g/mol. The topological polar surface area (TPSA) is 78.9 Å². The van der Waals surface area contributed by atoms with Gasteiger partial charge in [0.05, 0.1) is 0 Å². The lowest BCUT2D eigenvalue weighted by molar-refractivity contribution is -0.166. The van der Waals surface area contributed by atoms with E-state index in [9.17, 15) is 14.4 Å². The highest BCUT2D eigenvalue weighted by Crippen LogP contribution is 2.13. The van der Waals surface area contributed by atoms with E-state index < -0.39 is 6.10 Å². The lowest BCUT2D eigenvalue weighted by Crippen LogP contribution is -2.30. The Morgan fingerprint density at radius 3 is 1.11 bits per heavy atom. The van der Waals surface area contributed by atoms with E-state index in [0.717, 1.165) is 70.6 Å². The average Bonchev–Trinajstić information content (AvgIpc) is 3.21. The number of esters is 3. The molecule has 0 spiro atoms. The summed E-state index contributed by atoms with van der Waals surface area (Å²) in [4.78, 5) is 37.8. The van der Waals surface area contributed by atoms with Crippen molar-refractivity contribution in [3.63, 3.8) is 0 Å². The van der Waals surface area contributed by atoms with Gasteiger partial charge in [-0.1, -0.05) is 179 Å². The molecular formula is C51H90O6. The van der Waals surface area contributed by atoms with Crippen LogP contribution in [0.4, 0.5) is 0 Å². The molecule has 0 aromatic heterocycles. The van der Waals surface area contributed by atoms with Crippen molar-refractivity contribution in [3.8, 4) is 0 Å². The van der Waals surface area contributed by atoms with Gasteiger partial charge in [0.1, 0.15) is 13.2 Å². The number of unbranched alkanes of at least 4 members (excludes halogenated alkanes) is 24. The van der Waals surface area contributed by atoms with Gasteiger partial charge in [-0.25, -0.2) is 0 Å². The SMILES string of the molecule is CCCCC/C=C\CCCCCCCC(=O)OCC(COC(=O)CCCCC/C=C\CCCCCCCCC)OC(=O)CC/C=C\C/C=C\CCCCCCCC. The Morgan fingerprint density at radius 1 is 0.351 bits per heavy atom. The summed E-state index contributed by atoms with van der Waals surface area (Å²) < 4.78 is 16.7. The van der Waals surface area contributed by atoms with E-state index in [1.807, 2.05) is 6.08 Å². The summed E-state index contributed by atoms with van der Waals surface area (Å²) >= 11 is 0. The Labute approximate surface area is 352 Å². The van der Waals surface area contributed by atoms with Crippen molar-refractivity contribution in [2.45, 2.75) is 245 Å². The number of hydrogen-bond donors (Lipinski definition) is 0. The number of carbonyl (C=O) groups is 3. The molecule has 0 aromatic carbocycles. The molecule has 1 atom stereocenters. The van der Waals surface area contributed by atoms with Crippen molar-refractivity contribution in [2.75, 3.05) is 13.2 Å². The standard InChI is InChI=1S/C51H90O6/c1-4-7-10-13-16-19-22-25-27-29-32-35-38-41-44-50(53)56-47-48(46-55-49(52)43-40-37-34-31-28-24-21-18-15-12-9-6-3)57-51(54)45-42-39-36-33-30-26-23-20-17-14-11-8-5-2/h18,21,26-27,29-30,36,39,48H,4-17,19-20,22-25,28,31-35,37-38,40-47H2,1-3H3/b21-18-,29-27-,30-26-,39-36-. The first kappa shape index (κ1) is 54.4. The zero-order valence-corrected chi connectivity index (χ0v) is 37.6. The molecule has 6 heteroatoms. The van der Waals surface area contributed by atoms with Gasteiger partial charge in [-0.05, 0) is 89.9 Å². The molecule has 330 valence electrons. The van der Waals surface area contributed by atoms with Crippen LogP contribution in [0.2, 0.25) is 0 Å². The van der Waals surface area contributed by atoms with E-state index in [2.05, 4.69) is 63.3 Å². The largest absolute Gasteiger partial charge is 0.462 e. The maximum absolute atomic E-state index is 12.7. The van der Waals surface area contributed by atoms with Crippen molar-refractivity contribution in [2.24, 2.45) is 0 Å². The summed E-state index contributed by atoms with van der Waals surface area (Å²) in [6.45, 7) is 6.52. The Kier molecular flexibility index (Phi) is 43.9. The Hall–Kier alpha value is -2.63. The molecule has 0 bridgehead atoms. The van der Waals surface area contributed by atoms with E-state index in [4.69, 9.17) is 14.2 Å². The number of rotatable bonds is 43. The van der Waals surface area contributed by atoms with Crippen LogP contribution < -0.4 is 0 Å². The Bertz CT molecular complexity index is 1010. The summed E-state index contributed by atoms with van der Waals surface area (Å²) in [7, 11) is 0. The van der Waals surface area contributed by atoms with E-state index in [-0.39, 0.29) is 37.5 Å². The Balaban J connectivity index is 4.47. The van der Waals surface area contributed by atoms with Gasteiger partial charge >= 0.3 is 17.9 Å². The van der Waals surface area contributed by atoms with Crippen molar-refractivity contribution >= 4 is 17.9 Å². The van der Waals surface area contributed by atoms with Crippen molar-refractivity contribution in [1.29, 1.82) is 0 Å². The van der Waals surface area contributed by atoms with Crippen molar-refractivity contribution in [1.82, 2.24) is 0 Å². The predicted octanol–water partition coefficient (Wildman–Crippen LogP) is 15.5. The third-order valence-electron chi connectivity index (χ3n) is 10.3. The van der Waals surface area contributed by atoms with Gasteiger partial charge in [0.15, 0.2) is 6.10 Å².